The zero-order valence-corrected chi connectivity index (χ0v) is 6.81. The number of nitrogens with zero attached hydrogens (tertiary/aromatic N) is 2. The molecule has 0 fully saturated rings. The van der Waals surface area contributed by atoms with Gasteiger partial charge in [0.2, 0.25) is 0 Å². The number of rotatable bonds is 1. The summed E-state index contributed by atoms with van der Waals surface area (Å²) in [5, 5.41) is 0.521. The largest absolute Gasteiger partial charge is 0.253 e. The van der Waals surface area contributed by atoms with Crippen LogP contribution in [0.5, 0.6) is 0 Å². The van der Waals surface area contributed by atoms with E-state index < -0.39 is 0 Å². The van der Waals surface area contributed by atoms with Gasteiger partial charge < -0.3 is 0 Å². The van der Waals surface area contributed by atoms with E-state index in [9.17, 15) is 0 Å². The predicted molar refractivity (Wildman–Crippen MR) is 41.2 cm³/mol. The molecule has 1 heterocycles. The van der Waals surface area contributed by atoms with Crippen LogP contribution in [0.1, 0.15) is 18.3 Å². The van der Waals surface area contributed by atoms with E-state index in [0.29, 0.717) is 5.15 Å². The van der Waals surface area contributed by atoms with Crippen molar-refractivity contribution in [1.82, 2.24) is 9.97 Å². The van der Waals surface area contributed by atoms with E-state index >= 15 is 0 Å². The van der Waals surface area contributed by atoms with Gasteiger partial charge in [0, 0.05) is 6.20 Å². The molecule has 0 atom stereocenters. The first kappa shape index (κ1) is 7.48. The van der Waals surface area contributed by atoms with Crippen molar-refractivity contribution in [2.24, 2.45) is 0 Å². The zero-order valence-electron chi connectivity index (χ0n) is 6.06. The van der Waals surface area contributed by atoms with Crippen molar-refractivity contribution in [3.8, 4) is 0 Å². The van der Waals surface area contributed by atoms with Gasteiger partial charge in [-0.15, -0.1) is 0 Å². The molecule has 0 saturated heterocycles. The summed E-state index contributed by atoms with van der Waals surface area (Å²) in [6.45, 7) is 3.91. The van der Waals surface area contributed by atoms with Crippen LogP contribution in [0.25, 0.3) is 0 Å². The van der Waals surface area contributed by atoms with Crippen molar-refractivity contribution in [3.05, 3.63) is 22.7 Å². The Balaban J connectivity index is 3.09. The zero-order chi connectivity index (χ0) is 7.56. The highest BCUT2D eigenvalue weighted by atomic mass is 35.5. The number of hydrogen-bond acceptors (Lipinski definition) is 2. The summed E-state index contributed by atoms with van der Waals surface area (Å²) < 4.78 is 0. The summed E-state index contributed by atoms with van der Waals surface area (Å²) in [5.41, 5.74) is 1.79. The molecular formula is C7H9ClN2. The van der Waals surface area contributed by atoms with Crippen LogP contribution in [0.2, 0.25) is 5.15 Å². The van der Waals surface area contributed by atoms with Gasteiger partial charge in [0.25, 0.3) is 0 Å². The minimum atomic E-state index is 0.521. The molecule has 1 rings (SSSR count). The fraction of sp³-hybridized carbons (Fsp3) is 0.429. The third kappa shape index (κ3) is 1.45. The second-order valence-corrected chi connectivity index (χ2v) is 2.46. The molecule has 0 aliphatic carbocycles. The molecule has 0 aromatic carbocycles. The van der Waals surface area contributed by atoms with Crippen LogP contribution in [-0.4, -0.2) is 9.97 Å². The maximum absolute atomic E-state index is 5.72. The maximum Gasteiger partial charge on any atom is 0.150 e. The van der Waals surface area contributed by atoms with Gasteiger partial charge in [0.1, 0.15) is 5.15 Å². The van der Waals surface area contributed by atoms with Crippen LogP contribution in [0.4, 0.5) is 0 Å². The first-order valence-electron chi connectivity index (χ1n) is 3.22. The molecular weight excluding hydrogens is 148 g/mol. The third-order valence-electron chi connectivity index (χ3n) is 1.25. The second-order valence-electron chi connectivity index (χ2n) is 2.10. The second kappa shape index (κ2) is 2.97. The molecule has 0 radical (unpaired) electrons. The lowest BCUT2D eigenvalue weighted by Crippen LogP contribution is -1.93. The fourth-order valence-corrected chi connectivity index (χ4v) is 0.962. The molecule has 3 heteroatoms. The molecule has 1 aromatic rings. The Bertz CT molecular complexity index is 235. The van der Waals surface area contributed by atoms with Crippen molar-refractivity contribution in [2.45, 2.75) is 20.3 Å². The predicted octanol–water partition coefficient (Wildman–Crippen LogP) is 2.00. The van der Waals surface area contributed by atoms with Crippen molar-refractivity contribution < 1.29 is 0 Å². The summed E-state index contributed by atoms with van der Waals surface area (Å²) in [6.07, 6.45) is 2.51. The highest BCUT2D eigenvalue weighted by Gasteiger charge is 1.99. The van der Waals surface area contributed by atoms with Crippen LogP contribution < -0.4 is 0 Å². The van der Waals surface area contributed by atoms with Gasteiger partial charge >= 0.3 is 0 Å². The van der Waals surface area contributed by atoms with Gasteiger partial charge in [0.15, 0.2) is 0 Å². The molecule has 0 aliphatic rings. The first-order valence-corrected chi connectivity index (χ1v) is 3.60. The average molecular weight is 157 g/mol. The Kier molecular flexibility index (Phi) is 2.22. The molecule has 2 nitrogen and oxygen atoms in total. The number of aromatic nitrogens is 2. The Morgan fingerprint density at radius 1 is 1.60 bits per heavy atom. The normalized spacial score (nSPS) is 9.90. The summed E-state index contributed by atoms with van der Waals surface area (Å²) in [7, 11) is 0. The van der Waals surface area contributed by atoms with E-state index in [1.165, 1.54) is 0 Å². The van der Waals surface area contributed by atoms with Crippen molar-refractivity contribution in [1.29, 1.82) is 0 Å². The van der Waals surface area contributed by atoms with Gasteiger partial charge in [0.05, 0.1) is 11.4 Å². The smallest absolute Gasteiger partial charge is 0.150 e. The molecule has 0 N–H and O–H groups in total. The maximum atomic E-state index is 5.72. The standard InChI is InChI=1S/C7H9ClN2/c1-3-6-7(8)9-4-5(2)10-6/h4H,3H2,1-2H3. The lowest BCUT2D eigenvalue weighted by atomic mass is 10.3. The SMILES string of the molecule is CCc1nc(C)cnc1Cl. The van der Waals surface area contributed by atoms with Crippen LogP contribution in [0, 0.1) is 6.92 Å². The Hall–Kier alpha value is -0.630. The first-order chi connectivity index (χ1) is 4.74. The van der Waals surface area contributed by atoms with Gasteiger partial charge in [-0.05, 0) is 13.3 Å². The van der Waals surface area contributed by atoms with E-state index in [4.69, 9.17) is 11.6 Å². The lowest BCUT2D eigenvalue weighted by molar-refractivity contribution is 0.968. The van der Waals surface area contributed by atoms with Crippen molar-refractivity contribution >= 4 is 11.6 Å². The molecule has 0 aliphatic heterocycles. The molecule has 0 unspecified atom stereocenters. The van der Waals surface area contributed by atoms with Gasteiger partial charge in [-0.3, -0.25) is 4.98 Å². The van der Waals surface area contributed by atoms with E-state index in [1.807, 2.05) is 13.8 Å². The van der Waals surface area contributed by atoms with Crippen molar-refractivity contribution in [2.75, 3.05) is 0 Å². The number of hydrogen-bond donors (Lipinski definition) is 0. The quantitative estimate of drug-likeness (QED) is 0.622. The minimum Gasteiger partial charge on any atom is -0.253 e. The van der Waals surface area contributed by atoms with Crippen LogP contribution in [-0.2, 0) is 6.42 Å². The molecule has 0 amide bonds. The molecule has 0 spiro atoms. The lowest BCUT2D eigenvalue weighted by Gasteiger charge is -1.98. The van der Waals surface area contributed by atoms with E-state index in [2.05, 4.69) is 9.97 Å². The Morgan fingerprint density at radius 3 is 2.80 bits per heavy atom. The Labute approximate surface area is 65.3 Å². The number of halogens is 1. The highest BCUT2D eigenvalue weighted by Crippen LogP contribution is 2.09. The average Bonchev–Trinajstić information content (AvgIpc) is 1.94. The number of aryl methyl sites for hydroxylation is 2. The summed E-state index contributed by atoms with van der Waals surface area (Å²) in [6, 6.07) is 0. The summed E-state index contributed by atoms with van der Waals surface area (Å²) >= 11 is 5.72. The molecule has 1 aromatic heterocycles. The van der Waals surface area contributed by atoms with E-state index in [0.717, 1.165) is 17.8 Å². The molecule has 0 bridgehead atoms. The Morgan fingerprint density at radius 2 is 2.30 bits per heavy atom. The summed E-state index contributed by atoms with van der Waals surface area (Å²) in [5.74, 6) is 0. The van der Waals surface area contributed by atoms with Gasteiger partial charge in [-0.1, -0.05) is 18.5 Å². The summed E-state index contributed by atoms with van der Waals surface area (Å²) in [4.78, 5) is 8.15. The van der Waals surface area contributed by atoms with Gasteiger partial charge in [-0.25, -0.2) is 4.98 Å². The molecule has 0 saturated carbocycles. The van der Waals surface area contributed by atoms with Crippen molar-refractivity contribution in [3.63, 3.8) is 0 Å². The third-order valence-corrected chi connectivity index (χ3v) is 1.56. The van der Waals surface area contributed by atoms with E-state index in [1.54, 1.807) is 6.20 Å². The highest BCUT2D eigenvalue weighted by molar-refractivity contribution is 6.29. The monoisotopic (exact) mass is 156 g/mol. The van der Waals surface area contributed by atoms with Crippen LogP contribution in [0.15, 0.2) is 6.20 Å². The topological polar surface area (TPSA) is 25.8 Å². The molecule has 10 heavy (non-hydrogen) atoms. The minimum absolute atomic E-state index is 0.521. The van der Waals surface area contributed by atoms with Crippen LogP contribution >= 0.6 is 11.6 Å². The van der Waals surface area contributed by atoms with Crippen LogP contribution in [0.3, 0.4) is 0 Å². The molecule has 54 valence electrons. The van der Waals surface area contributed by atoms with Gasteiger partial charge in [-0.2, -0.15) is 0 Å². The fourth-order valence-electron chi connectivity index (χ4n) is 0.737. The van der Waals surface area contributed by atoms with E-state index in [-0.39, 0.29) is 0 Å².